The Morgan fingerprint density at radius 2 is 1.75 bits per heavy atom. The van der Waals surface area contributed by atoms with Crippen molar-refractivity contribution in [3.05, 3.63) is 64.7 Å². The molecule has 2 aromatic carbocycles. The Morgan fingerprint density at radius 1 is 1.09 bits per heavy atom. The van der Waals surface area contributed by atoms with Gasteiger partial charge in [-0.05, 0) is 68.7 Å². The summed E-state index contributed by atoms with van der Waals surface area (Å²) >= 11 is 0. The van der Waals surface area contributed by atoms with E-state index in [0.29, 0.717) is 23.6 Å². The maximum atomic E-state index is 13.1. The molecule has 1 aliphatic rings. The summed E-state index contributed by atoms with van der Waals surface area (Å²) in [5.41, 5.74) is 2.12. The Bertz CT molecular complexity index is 1020. The second-order valence-corrected chi connectivity index (χ2v) is 8.26. The minimum absolute atomic E-state index is 0.0362. The summed E-state index contributed by atoms with van der Waals surface area (Å²) in [6, 6.07) is 11.9. The third-order valence-electron chi connectivity index (χ3n) is 5.55. The molecule has 0 spiro atoms. The number of ketones is 1. The standard InChI is InChI=1S/C26H31NO5/c1-6-7-14-27-23(18-8-10-19(11-9-18)32-16(2)3)22(25(29)26(27)30)24(28)21-13-12-20(31-5)15-17(21)4/h8-13,15-16,23,28H,6-7,14H2,1-5H3/b24-22-. The predicted molar refractivity (Wildman–Crippen MR) is 124 cm³/mol. The van der Waals surface area contributed by atoms with E-state index in [-0.39, 0.29) is 17.4 Å². The number of methoxy groups -OCH3 is 1. The molecule has 1 N–H and O–H groups in total. The molecule has 1 atom stereocenters. The van der Waals surface area contributed by atoms with Gasteiger partial charge in [-0.1, -0.05) is 25.5 Å². The van der Waals surface area contributed by atoms with Crippen LogP contribution in [0.1, 0.15) is 56.3 Å². The van der Waals surface area contributed by atoms with Gasteiger partial charge in [-0.3, -0.25) is 9.59 Å². The largest absolute Gasteiger partial charge is 0.507 e. The van der Waals surface area contributed by atoms with Crippen molar-refractivity contribution in [1.82, 2.24) is 4.90 Å². The smallest absolute Gasteiger partial charge is 0.295 e. The van der Waals surface area contributed by atoms with E-state index in [9.17, 15) is 14.7 Å². The number of ether oxygens (including phenoxy) is 2. The number of unbranched alkanes of at least 4 members (excludes halogenated alkanes) is 1. The summed E-state index contributed by atoms with van der Waals surface area (Å²) in [7, 11) is 1.57. The second-order valence-electron chi connectivity index (χ2n) is 8.26. The van der Waals surface area contributed by atoms with E-state index in [1.165, 1.54) is 0 Å². The number of carbonyl (C=O) groups excluding carboxylic acids is 2. The molecule has 6 heteroatoms. The highest BCUT2D eigenvalue weighted by molar-refractivity contribution is 6.46. The molecule has 0 aliphatic carbocycles. The van der Waals surface area contributed by atoms with Crippen molar-refractivity contribution in [1.29, 1.82) is 0 Å². The molecule has 2 aromatic rings. The molecule has 1 heterocycles. The van der Waals surface area contributed by atoms with Gasteiger partial charge < -0.3 is 19.5 Å². The van der Waals surface area contributed by atoms with Gasteiger partial charge in [0.15, 0.2) is 0 Å². The summed E-state index contributed by atoms with van der Waals surface area (Å²) < 4.78 is 11.0. The molecule has 3 rings (SSSR count). The minimum Gasteiger partial charge on any atom is -0.507 e. The van der Waals surface area contributed by atoms with Crippen molar-refractivity contribution in [2.75, 3.05) is 13.7 Å². The minimum atomic E-state index is -0.665. The quantitative estimate of drug-likeness (QED) is 0.357. The van der Waals surface area contributed by atoms with Gasteiger partial charge in [-0.2, -0.15) is 0 Å². The first kappa shape index (κ1) is 23.4. The zero-order valence-electron chi connectivity index (χ0n) is 19.3. The van der Waals surface area contributed by atoms with Gasteiger partial charge in [0.25, 0.3) is 11.7 Å². The Balaban J connectivity index is 2.12. The molecule has 0 aromatic heterocycles. The van der Waals surface area contributed by atoms with Crippen LogP contribution >= 0.6 is 0 Å². The fourth-order valence-corrected chi connectivity index (χ4v) is 3.96. The number of benzene rings is 2. The van der Waals surface area contributed by atoms with Gasteiger partial charge in [0, 0.05) is 12.1 Å². The van der Waals surface area contributed by atoms with Crippen LogP contribution in [0, 0.1) is 6.92 Å². The number of aliphatic hydroxyl groups excluding tert-OH is 1. The van der Waals surface area contributed by atoms with Crippen LogP contribution in [0.15, 0.2) is 48.0 Å². The van der Waals surface area contributed by atoms with Crippen molar-refractivity contribution in [2.24, 2.45) is 0 Å². The fraction of sp³-hybridized carbons (Fsp3) is 0.385. The normalized spacial score (nSPS) is 17.8. The summed E-state index contributed by atoms with van der Waals surface area (Å²) in [4.78, 5) is 27.6. The van der Waals surface area contributed by atoms with Crippen LogP contribution in [0.2, 0.25) is 0 Å². The molecule has 0 saturated carbocycles. The average Bonchev–Trinajstić information content (AvgIpc) is 3.02. The van der Waals surface area contributed by atoms with Crippen molar-refractivity contribution in [3.8, 4) is 11.5 Å². The van der Waals surface area contributed by atoms with Crippen LogP contribution in [0.3, 0.4) is 0 Å². The third kappa shape index (κ3) is 4.64. The van der Waals surface area contributed by atoms with E-state index in [1.54, 1.807) is 30.2 Å². The molecule has 0 radical (unpaired) electrons. The van der Waals surface area contributed by atoms with E-state index >= 15 is 0 Å². The highest BCUT2D eigenvalue weighted by Gasteiger charge is 2.45. The monoisotopic (exact) mass is 437 g/mol. The molecule has 0 bridgehead atoms. The molecular weight excluding hydrogens is 406 g/mol. The number of aliphatic hydroxyl groups is 1. The summed E-state index contributed by atoms with van der Waals surface area (Å²) in [5, 5.41) is 11.2. The first-order valence-electron chi connectivity index (χ1n) is 11.0. The maximum Gasteiger partial charge on any atom is 0.295 e. The molecule has 1 amide bonds. The van der Waals surface area contributed by atoms with Crippen LogP contribution in [-0.4, -0.2) is 41.5 Å². The van der Waals surface area contributed by atoms with Crippen molar-refractivity contribution >= 4 is 17.4 Å². The van der Waals surface area contributed by atoms with Gasteiger partial charge in [-0.25, -0.2) is 0 Å². The molecule has 6 nitrogen and oxygen atoms in total. The van der Waals surface area contributed by atoms with Crippen molar-refractivity contribution in [2.45, 2.75) is 52.7 Å². The van der Waals surface area contributed by atoms with Crippen molar-refractivity contribution in [3.63, 3.8) is 0 Å². The summed E-state index contributed by atoms with van der Waals surface area (Å²) in [6.45, 7) is 8.20. The van der Waals surface area contributed by atoms with Crippen LogP contribution in [0.5, 0.6) is 11.5 Å². The Hall–Kier alpha value is -3.28. The number of carbonyl (C=O) groups is 2. The highest BCUT2D eigenvalue weighted by Crippen LogP contribution is 2.40. The van der Waals surface area contributed by atoms with E-state index in [0.717, 1.165) is 24.0 Å². The first-order chi connectivity index (χ1) is 15.3. The van der Waals surface area contributed by atoms with E-state index in [4.69, 9.17) is 9.47 Å². The van der Waals surface area contributed by atoms with Gasteiger partial charge in [0.1, 0.15) is 17.3 Å². The number of aryl methyl sites for hydroxylation is 1. The molecule has 32 heavy (non-hydrogen) atoms. The van der Waals surface area contributed by atoms with Crippen LogP contribution < -0.4 is 9.47 Å². The maximum absolute atomic E-state index is 13.1. The van der Waals surface area contributed by atoms with E-state index in [2.05, 4.69) is 0 Å². The topological polar surface area (TPSA) is 76.1 Å². The molecule has 1 aliphatic heterocycles. The van der Waals surface area contributed by atoms with Gasteiger partial charge in [0.2, 0.25) is 0 Å². The zero-order valence-corrected chi connectivity index (χ0v) is 19.3. The number of rotatable bonds is 8. The number of amides is 1. The van der Waals surface area contributed by atoms with Crippen LogP contribution in [0.25, 0.3) is 5.76 Å². The zero-order chi connectivity index (χ0) is 23.4. The summed E-state index contributed by atoms with van der Waals surface area (Å²) in [6.07, 6.45) is 1.68. The van der Waals surface area contributed by atoms with E-state index in [1.807, 2.05) is 52.0 Å². The van der Waals surface area contributed by atoms with Gasteiger partial charge in [-0.15, -0.1) is 0 Å². The highest BCUT2D eigenvalue weighted by atomic mass is 16.5. The first-order valence-corrected chi connectivity index (χ1v) is 11.0. The lowest BCUT2D eigenvalue weighted by Crippen LogP contribution is -2.30. The number of Topliss-reactive ketones (excluding diaryl/α,β-unsaturated/α-hetero) is 1. The number of hydrogen-bond acceptors (Lipinski definition) is 5. The Kier molecular flexibility index (Phi) is 7.23. The number of likely N-dealkylation sites (tertiary alicyclic amines) is 1. The molecular formula is C26H31NO5. The number of hydrogen-bond donors (Lipinski definition) is 1. The van der Waals surface area contributed by atoms with Crippen LogP contribution in [0.4, 0.5) is 0 Å². The average molecular weight is 438 g/mol. The molecule has 1 fully saturated rings. The van der Waals surface area contributed by atoms with Gasteiger partial charge >= 0.3 is 0 Å². The second kappa shape index (κ2) is 9.90. The SMILES string of the molecule is CCCCN1C(=O)C(=O)/C(=C(\O)c2ccc(OC)cc2C)C1c1ccc(OC(C)C)cc1. The van der Waals surface area contributed by atoms with Gasteiger partial charge in [0.05, 0.1) is 24.8 Å². The third-order valence-corrected chi connectivity index (χ3v) is 5.55. The lowest BCUT2D eigenvalue weighted by molar-refractivity contribution is -0.139. The molecule has 1 unspecified atom stereocenters. The summed E-state index contributed by atoms with van der Waals surface area (Å²) in [5.74, 6) is -0.0602. The predicted octanol–water partition coefficient (Wildman–Crippen LogP) is 5.01. The molecule has 1 saturated heterocycles. The molecule has 170 valence electrons. The number of nitrogens with zero attached hydrogens (tertiary/aromatic N) is 1. The Morgan fingerprint density at radius 3 is 2.31 bits per heavy atom. The fourth-order valence-electron chi connectivity index (χ4n) is 3.96. The van der Waals surface area contributed by atoms with Crippen molar-refractivity contribution < 1.29 is 24.2 Å². The lowest BCUT2D eigenvalue weighted by atomic mass is 9.93. The van der Waals surface area contributed by atoms with Crippen LogP contribution in [-0.2, 0) is 9.59 Å². The Labute approximate surface area is 189 Å². The lowest BCUT2D eigenvalue weighted by Gasteiger charge is -2.25. The van der Waals surface area contributed by atoms with E-state index < -0.39 is 17.7 Å².